The highest BCUT2D eigenvalue weighted by molar-refractivity contribution is 6.30. The summed E-state index contributed by atoms with van der Waals surface area (Å²) in [6.45, 7) is 8.81. The van der Waals surface area contributed by atoms with Crippen molar-refractivity contribution in [3.8, 4) is 0 Å². The predicted octanol–water partition coefficient (Wildman–Crippen LogP) is 3.27. The summed E-state index contributed by atoms with van der Waals surface area (Å²) in [5.74, 6) is 0.580. The molecule has 0 bridgehead atoms. The molecule has 1 saturated heterocycles. The maximum atomic E-state index is 12.2. The number of amides is 1. The Morgan fingerprint density at radius 1 is 1.48 bits per heavy atom. The molecule has 0 unspecified atom stereocenters. The number of carbonyl (C=O) groups excluding carboxylic acids is 1. The molecule has 2 rings (SSSR count). The SMILES string of the molecule is Cc1cnc(N(C)[C@H]2CCCN(C(=O)OC(C)(C)C)C2)nc1Cl. The summed E-state index contributed by atoms with van der Waals surface area (Å²) in [6, 6.07) is 0.148. The van der Waals surface area contributed by atoms with Crippen molar-refractivity contribution in [2.24, 2.45) is 0 Å². The number of hydrogen-bond donors (Lipinski definition) is 0. The third-order valence-corrected chi connectivity index (χ3v) is 4.19. The second kappa shape index (κ2) is 6.91. The van der Waals surface area contributed by atoms with Crippen LogP contribution in [0.3, 0.4) is 0 Å². The fraction of sp³-hybridized carbons (Fsp3) is 0.688. The second-order valence-electron chi connectivity index (χ2n) is 6.98. The van der Waals surface area contributed by atoms with E-state index >= 15 is 0 Å². The van der Waals surface area contributed by atoms with Crippen molar-refractivity contribution < 1.29 is 9.53 Å². The first-order chi connectivity index (χ1) is 10.7. The topological polar surface area (TPSA) is 58.6 Å². The molecule has 1 aromatic heterocycles. The zero-order valence-electron chi connectivity index (χ0n) is 14.5. The number of hydrogen-bond acceptors (Lipinski definition) is 5. The Kier molecular flexibility index (Phi) is 5.34. The van der Waals surface area contributed by atoms with Crippen LogP contribution in [0.1, 0.15) is 39.2 Å². The molecule has 6 nitrogen and oxygen atoms in total. The summed E-state index contributed by atoms with van der Waals surface area (Å²) in [6.07, 6.45) is 3.35. The van der Waals surface area contributed by atoms with Crippen LogP contribution in [-0.4, -0.2) is 52.7 Å². The second-order valence-corrected chi connectivity index (χ2v) is 7.34. The number of ether oxygens (including phenoxy) is 1. The van der Waals surface area contributed by atoms with Crippen molar-refractivity contribution in [2.45, 2.75) is 52.2 Å². The number of halogens is 1. The van der Waals surface area contributed by atoms with E-state index in [9.17, 15) is 4.79 Å². The molecule has 2 heterocycles. The molecule has 1 aliphatic rings. The molecule has 0 aromatic carbocycles. The first kappa shape index (κ1) is 17.8. The maximum absolute atomic E-state index is 12.2. The Hall–Kier alpha value is -1.56. The average Bonchev–Trinajstić information content (AvgIpc) is 2.48. The molecule has 0 aliphatic carbocycles. The van der Waals surface area contributed by atoms with Gasteiger partial charge in [0.2, 0.25) is 5.95 Å². The van der Waals surface area contributed by atoms with E-state index in [1.54, 1.807) is 11.1 Å². The number of aromatic nitrogens is 2. The van der Waals surface area contributed by atoms with E-state index in [4.69, 9.17) is 16.3 Å². The van der Waals surface area contributed by atoms with Gasteiger partial charge in [0.1, 0.15) is 10.8 Å². The minimum Gasteiger partial charge on any atom is -0.444 e. The lowest BCUT2D eigenvalue weighted by Crippen LogP contribution is -2.50. The molecule has 0 spiro atoms. The molecule has 1 aromatic rings. The number of carbonyl (C=O) groups is 1. The molecule has 1 atom stereocenters. The summed E-state index contributed by atoms with van der Waals surface area (Å²) >= 11 is 6.09. The van der Waals surface area contributed by atoms with Gasteiger partial charge in [-0.25, -0.2) is 14.8 Å². The van der Waals surface area contributed by atoms with E-state index in [2.05, 4.69) is 9.97 Å². The Balaban J connectivity index is 2.05. The molecule has 1 fully saturated rings. The van der Waals surface area contributed by atoms with E-state index in [0.717, 1.165) is 24.9 Å². The summed E-state index contributed by atoms with van der Waals surface area (Å²) in [5.41, 5.74) is 0.367. The van der Waals surface area contributed by atoms with E-state index < -0.39 is 5.60 Å². The van der Waals surface area contributed by atoms with Gasteiger partial charge in [-0.2, -0.15) is 0 Å². The lowest BCUT2D eigenvalue weighted by Gasteiger charge is -2.38. The third-order valence-electron chi connectivity index (χ3n) is 3.81. The van der Waals surface area contributed by atoms with Crippen molar-refractivity contribution in [1.29, 1.82) is 0 Å². The van der Waals surface area contributed by atoms with E-state index in [1.807, 2.05) is 39.6 Å². The lowest BCUT2D eigenvalue weighted by molar-refractivity contribution is 0.0199. The van der Waals surface area contributed by atoms with Gasteiger partial charge in [-0.1, -0.05) is 11.6 Å². The quantitative estimate of drug-likeness (QED) is 0.773. The number of rotatable bonds is 2. The number of aryl methyl sites for hydroxylation is 1. The van der Waals surface area contributed by atoms with Gasteiger partial charge in [0, 0.05) is 37.9 Å². The first-order valence-corrected chi connectivity index (χ1v) is 8.25. The van der Waals surface area contributed by atoms with Crippen LogP contribution in [-0.2, 0) is 4.74 Å². The zero-order valence-corrected chi connectivity index (χ0v) is 15.2. The Morgan fingerprint density at radius 2 is 2.17 bits per heavy atom. The monoisotopic (exact) mass is 340 g/mol. The van der Waals surface area contributed by atoms with Gasteiger partial charge >= 0.3 is 6.09 Å². The Labute approximate surface area is 142 Å². The average molecular weight is 341 g/mol. The van der Waals surface area contributed by atoms with Crippen LogP contribution in [0.4, 0.5) is 10.7 Å². The smallest absolute Gasteiger partial charge is 0.410 e. The first-order valence-electron chi connectivity index (χ1n) is 7.87. The molecule has 23 heavy (non-hydrogen) atoms. The highest BCUT2D eigenvalue weighted by Gasteiger charge is 2.30. The Bertz CT molecular complexity index is 574. The van der Waals surface area contributed by atoms with E-state index in [0.29, 0.717) is 17.6 Å². The van der Waals surface area contributed by atoms with Crippen molar-refractivity contribution in [3.63, 3.8) is 0 Å². The fourth-order valence-electron chi connectivity index (χ4n) is 2.51. The van der Waals surface area contributed by atoms with Crippen LogP contribution < -0.4 is 4.90 Å². The van der Waals surface area contributed by atoms with E-state index in [-0.39, 0.29) is 12.1 Å². The van der Waals surface area contributed by atoms with Crippen molar-refractivity contribution in [1.82, 2.24) is 14.9 Å². The summed E-state index contributed by atoms with van der Waals surface area (Å²) in [7, 11) is 1.93. The maximum Gasteiger partial charge on any atom is 0.410 e. The number of anilines is 1. The van der Waals surface area contributed by atoms with Gasteiger partial charge in [-0.15, -0.1) is 0 Å². The van der Waals surface area contributed by atoms with Crippen LogP contribution in [0.2, 0.25) is 5.15 Å². The molecule has 0 N–H and O–H groups in total. The lowest BCUT2D eigenvalue weighted by atomic mass is 10.1. The molecule has 128 valence electrons. The van der Waals surface area contributed by atoms with E-state index in [1.165, 1.54) is 0 Å². The molecule has 1 aliphatic heterocycles. The van der Waals surface area contributed by atoms with Gasteiger partial charge in [0.25, 0.3) is 0 Å². The minimum atomic E-state index is -0.483. The Morgan fingerprint density at radius 3 is 2.78 bits per heavy atom. The van der Waals surface area contributed by atoms with Crippen molar-refractivity contribution >= 4 is 23.6 Å². The minimum absolute atomic E-state index is 0.148. The molecular weight excluding hydrogens is 316 g/mol. The predicted molar refractivity (Wildman–Crippen MR) is 91.0 cm³/mol. The summed E-state index contributed by atoms with van der Waals surface area (Å²) in [5, 5.41) is 0.460. The zero-order chi connectivity index (χ0) is 17.2. The van der Waals surface area contributed by atoms with Crippen LogP contribution >= 0.6 is 11.6 Å². The third kappa shape index (κ3) is 4.70. The van der Waals surface area contributed by atoms with Crippen molar-refractivity contribution in [2.75, 3.05) is 25.0 Å². The van der Waals surface area contributed by atoms with Crippen LogP contribution in [0.15, 0.2) is 6.20 Å². The van der Waals surface area contributed by atoms with Gasteiger partial charge in [0.15, 0.2) is 0 Å². The van der Waals surface area contributed by atoms with Crippen LogP contribution in [0, 0.1) is 6.92 Å². The van der Waals surface area contributed by atoms with Crippen LogP contribution in [0.25, 0.3) is 0 Å². The van der Waals surface area contributed by atoms with Gasteiger partial charge < -0.3 is 14.5 Å². The molecule has 7 heteroatoms. The molecule has 1 amide bonds. The number of likely N-dealkylation sites (tertiary alicyclic amines) is 1. The number of likely N-dealkylation sites (N-methyl/N-ethyl adjacent to an activating group) is 1. The van der Waals surface area contributed by atoms with Crippen LogP contribution in [0.5, 0.6) is 0 Å². The van der Waals surface area contributed by atoms with Gasteiger partial charge in [-0.05, 0) is 40.5 Å². The molecule has 0 radical (unpaired) electrons. The van der Waals surface area contributed by atoms with Gasteiger partial charge in [-0.3, -0.25) is 0 Å². The highest BCUT2D eigenvalue weighted by atomic mass is 35.5. The number of nitrogens with zero attached hydrogens (tertiary/aromatic N) is 4. The normalized spacial score (nSPS) is 18.7. The van der Waals surface area contributed by atoms with Crippen molar-refractivity contribution in [3.05, 3.63) is 16.9 Å². The summed E-state index contributed by atoms with van der Waals surface area (Å²) < 4.78 is 5.46. The standard InChI is InChI=1S/C16H25ClN4O2/c1-11-9-18-14(19-13(11)17)20(5)12-7-6-8-21(10-12)15(22)23-16(2,3)4/h9,12H,6-8,10H2,1-5H3/t12-/m0/s1. The number of piperidine rings is 1. The largest absolute Gasteiger partial charge is 0.444 e. The summed E-state index contributed by atoms with van der Waals surface area (Å²) in [4.78, 5) is 24.7. The van der Waals surface area contributed by atoms with Gasteiger partial charge in [0.05, 0.1) is 0 Å². The molecular formula is C16H25ClN4O2. The fourth-order valence-corrected chi connectivity index (χ4v) is 2.63. The molecule has 0 saturated carbocycles. The highest BCUT2D eigenvalue weighted by Crippen LogP contribution is 2.22.